The van der Waals surface area contributed by atoms with Crippen LogP contribution in [0.4, 0.5) is 5.69 Å². The first-order chi connectivity index (χ1) is 9.72. The Hall–Kier alpha value is -1.96. The number of hydrogen-bond acceptors (Lipinski definition) is 2. The first kappa shape index (κ1) is 14.4. The third-order valence-electron chi connectivity index (χ3n) is 3.44. The van der Waals surface area contributed by atoms with Gasteiger partial charge in [0.2, 0.25) is 0 Å². The number of rotatable bonds is 6. The molecule has 1 N–H and O–H groups in total. The van der Waals surface area contributed by atoms with Crippen LogP contribution in [0.3, 0.4) is 0 Å². The summed E-state index contributed by atoms with van der Waals surface area (Å²) in [7, 11) is 0. The van der Waals surface area contributed by atoms with Crippen molar-refractivity contribution < 1.29 is 4.74 Å². The molecule has 0 aromatic heterocycles. The predicted molar refractivity (Wildman–Crippen MR) is 85.5 cm³/mol. The number of nitrogens with one attached hydrogen (secondary N) is 1. The lowest BCUT2D eigenvalue weighted by Gasteiger charge is -2.16. The van der Waals surface area contributed by atoms with Crippen molar-refractivity contribution in [3.05, 3.63) is 59.7 Å². The molecule has 1 unspecified atom stereocenters. The molecular weight excluding hydrogens is 246 g/mol. The topological polar surface area (TPSA) is 21.3 Å². The van der Waals surface area contributed by atoms with Crippen molar-refractivity contribution >= 4 is 5.69 Å². The molecule has 0 aliphatic heterocycles. The van der Waals surface area contributed by atoms with Gasteiger partial charge in [0.15, 0.2) is 0 Å². The first-order valence-corrected chi connectivity index (χ1v) is 7.31. The second kappa shape index (κ2) is 6.99. The summed E-state index contributed by atoms with van der Waals surface area (Å²) in [6, 6.07) is 17.2. The van der Waals surface area contributed by atoms with E-state index >= 15 is 0 Å². The van der Waals surface area contributed by atoms with Crippen LogP contribution in [0.15, 0.2) is 48.5 Å². The van der Waals surface area contributed by atoms with E-state index < -0.39 is 0 Å². The molecular formula is C18H23NO. The molecule has 2 heteroatoms. The number of ether oxygens (including phenoxy) is 1. The highest BCUT2D eigenvalue weighted by Gasteiger charge is 2.05. The van der Waals surface area contributed by atoms with Crippen LogP contribution in [0.2, 0.25) is 0 Å². The van der Waals surface area contributed by atoms with Crippen molar-refractivity contribution in [2.75, 3.05) is 11.9 Å². The maximum atomic E-state index is 5.46. The van der Waals surface area contributed by atoms with E-state index in [1.54, 1.807) is 0 Å². The fourth-order valence-corrected chi connectivity index (χ4v) is 2.19. The molecule has 0 saturated heterocycles. The van der Waals surface area contributed by atoms with Crippen LogP contribution in [-0.2, 0) is 6.42 Å². The van der Waals surface area contributed by atoms with E-state index in [9.17, 15) is 0 Å². The summed E-state index contributed by atoms with van der Waals surface area (Å²) in [6.45, 7) is 7.05. The third kappa shape index (κ3) is 3.77. The van der Waals surface area contributed by atoms with Crippen LogP contribution in [0.5, 0.6) is 5.75 Å². The lowest BCUT2D eigenvalue weighted by atomic mass is 10.1. The van der Waals surface area contributed by atoms with Gasteiger partial charge >= 0.3 is 0 Å². The molecule has 20 heavy (non-hydrogen) atoms. The van der Waals surface area contributed by atoms with Gasteiger partial charge in [-0.25, -0.2) is 0 Å². The summed E-state index contributed by atoms with van der Waals surface area (Å²) in [5.74, 6) is 0.927. The standard InChI is InChI=1S/C18H23NO/c1-4-15-6-10-17(11-7-15)19-14(3)16-8-12-18(13-9-16)20-5-2/h6-14,19H,4-5H2,1-3H3. The van der Waals surface area contributed by atoms with Crippen molar-refractivity contribution in [1.29, 1.82) is 0 Å². The van der Waals surface area contributed by atoms with Crippen molar-refractivity contribution in [2.24, 2.45) is 0 Å². The van der Waals surface area contributed by atoms with Crippen molar-refractivity contribution in [3.63, 3.8) is 0 Å². The molecule has 0 heterocycles. The Balaban J connectivity index is 2.01. The van der Waals surface area contributed by atoms with Gasteiger partial charge in [-0.3, -0.25) is 0 Å². The minimum Gasteiger partial charge on any atom is -0.494 e. The average molecular weight is 269 g/mol. The Labute approximate surface area is 121 Å². The van der Waals surface area contributed by atoms with Gasteiger partial charge < -0.3 is 10.1 Å². The zero-order valence-electron chi connectivity index (χ0n) is 12.5. The van der Waals surface area contributed by atoms with Crippen LogP contribution >= 0.6 is 0 Å². The van der Waals surface area contributed by atoms with Gasteiger partial charge in [-0.2, -0.15) is 0 Å². The van der Waals surface area contributed by atoms with Crippen molar-refractivity contribution in [3.8, 4) is 5.75 Å². The zero-order valence-corrected chi connectivity index (χ0v) is 12.5. The van der Waals surface area contributed by atoms with Gasteiger partial charge in [-0.15, -0.1) is 0 Å². The van der Waals surface area contributed by atoms with E-state index in [2.05, 4.69) is 55.6 Å². The first-order valence-electron chi connectivity index (χ1n) is 7.31. The van der Waals surface area contributed by atoms with Gasteiger partial charge in [0.05, 0.1) is 6.61 Å². The minimum atomic E-state index is 0.276. The van der Waals surface area contributed by atoms with E-state index in [4.69, 9.17) is 4.74 Å². The molecule has 0 aliphatic carbocycles. The predicted octanol–water partition coefficient (Wildman–Crippen LogP) is 4.82. The van der Waals surface area contributed by atoms with Gasteiger partial charge in [-0.1, -0.05) is 31.2 Å². The highest BCUT2D eigenvalue weighted by molar-refractivity contribution is 5.47. The molecule has 0 fully saturated rings. The molecule has 2 rings (SSSR count). The van der Waals surface area contributed by atoms with Crippen LogP contribution < -0.4 is 10.1 Å². The Bertz CT molecular complexity index is 516. The van der Waals surface area contributed by atoms with Crippen LogP contribution in [0.1, 0.15) is 37.9 Å². The lowest BCUT2D eigenvalue weighted by Crippen LogP contribution is -2.06. The van der Waals surface area contributed by atoms with E-state index in [1.165, 1.54) is 11.1 Å². The SMILES string of the molecule is CCOc1ccc(C(C)Nc2ccc(CC)cc2)cc1. The normalized spacial score (nSPS) is 11.9. The molecule has 2 aromatic rings. The quantitative estimate of drug-likeness (QED) is 0.811. The fraction of sp³-hybridized carbons (Fsp3) is 0.333. The summed E-state index contributed by atoms with van der Waals surface area (Å²) in [4.78, 5) is 0. The largest absolute Gasteiger partial charge is 0.494 e. The summed E-state index contributed by atoms with van der Waals surface area (Å²) in [6.07, 6.45) is 1.08. The second-order valence-corrected chi connectivity index (χ2v) is 4.92. The zero-order chi connectivity index (χ0) is 14.4. The van der Waals surface area contributed by atoms with E-state index in [0.29, 0.717) is 6.61 Å². The molecule has 1 atom stereocenters. The van der Waals surface area contributed by atoms with E-state index in [-0.39, 0.29) is 6.04 Å². The highest BCUT2D eigenvalue weighted by Crippen LogP contribution is 2.22. The number of benzene rings is 2. The molecule has 0 radical (unpaired) electrons. The maximum Gasteiger partial charge on any atom is 0.119 e. The Morgan fingerprint density at radius 3 is 2.15 bits per heavy atom. The maximum absolute atomic E-state index is 5.46. The summed E-state index contributed by atoms with van der Waals surface area (Å²) >= 11 is 0. The molecule has 0 spiro atoms. The monoisotopic (exact) mass is 269 g/mol. The van der Waals surface area contributed by atoms with Gasteiger partial charge in [0.25, 0.3) is 0 Å². The Morgan fingerprint density at radius 1 is 0.950 bits per heavy atom. The number of hydrogen-bond donors (Lipinski definition) is 1. The number of aryl methyl sites for hydroxylation is 1. The summed E-state index contributed by atoms with van der Waals surface area (Å²) in [5.41, 5.74) is 3.78. The van der Waals surface area contributed by atoms with Gasteiger partial charge in [0.1, 0.15) is 5.75 Å². The van der Waals surface area contributed by atoms with Crippen LogP contribution in [0.25, 0.3) is 0 Å². The van der Waals surface area contributed by atoms with Crippen molar-refractivity contribution in [2.45, 2.75) is 33.2 Å². The average Bonchev–Trinajstić information content (AvgIpc) is 2.49. The van der Waals surface area contributed by atoms with Gasteiger partial charge in [-0.05, 0) is 55.7 Å². The molecule has 0 aliphatic rings. The second-order valence-electron chi connectivity index (χ2n) is 4.92. The molecule has 0 amide bonds. The Morgan fingerprint density at radius 2 is 1.60 bits per heavy atom. The molecule has 0 bridgehead atoms. The van der Waals surface area contributed by atoms with Gasteiger partial charge in [0, 0.05) is 11.7 Å². The van der Waals surface area contributed by atoms with Crippen LogP contribution in [0, 0.1) is 0 Å². The van der Waals surface area contributed by atoms with Crippen LogP contribution in [-0.4, -0.2) is 6.61 Å². The molecule has 2 aromatic carbocycles. The van der Waals surface area contributed by atoms with E-state index in [0.717, 1.165) is 17.9 Å². The Kier molecular flexibility index (Phi) is 5.05. The third-order valence-corrected chi connectivity index (χ3v) is 3.44. The van der Waals surface area contributed by atoms with Crippen molar-refractivity contribution in [1.82, 2.24) is 0 Å². The fourth-order valence-electron chi connectivity index (χ4n) is 2.19. The number of anilines is 1. The minimum absolute atomic E-state index is 0.276. The summed E-state index contributed by atoms with van der Waals surface area (Å²) < 4.78 is 5.46. The molecule has 106 valence electrons. The lowest BCUT2D eigenvalue weighted by molar-refractivity contribution is 0.340. The highest BCUT2D eigenvalue weighted by atomic mass is 16.5. The smallest absolute Gasteiger partial charge is 0.119 e. The molecule has 0 saturated carbocycles. The molecule has 2 nitrogen and oxygen atoms in total. The van der Waals surface area contributed by atoms with E-state index in [1.807, 2.05) is 19.1 Å². The summed E-state index contributed by atoms with van der Waals surface area (Å²) in [5, 5.41) is 3.52.